The standard InChI is InChI=1S/C23H29ClFN3O4/c1-30-21-14-20(26)19(24)13-18(21)23(29)27-16-8-10-28(22(12-16)31-2)9-3-11-32-17-6-4-15(25)5-7-17/h4-7,13-14,16,22H,3,8-12,26H2,1-2H3,(H,27,29). The third-order valence-electron chi connectivity index (χ3n) is 5.50. The molecule has 1 amide bonds. The Morgan fingerprint density at radius 3 is 2.72 bits per heavy atom. The first-order valence-electron chi connectivity index (χ1n) is 10.5. The molecule has 0 spiro atoms. The molecule has 2 atom stereocenters. The minimum absolute atomic E-state index is 0.0415. The average molecular weight is 466 g/mol. The number of amides is 1. The van der Waals surface area contributed by atoms with E-state index in [2.05, 4.69) is 10.2 Å². The van der Waals surface area contributed by atoms with Crippen LogP contribution in [-0.2, 0) is 4.74 Å². The molecule has 1 heterocycles. The van der Waals surface area contributed by atoms with E-state index in [9.17, 15) is 9.18 Å². The maximum atomic E-state index is 13.0. The number of carbonyl (C=O) groups is 1. The Bertz CT molecular complexity index is 913. The molecule has 1 saturated heterocycles. The van der Waals surface area contributed by atoms with E-state index in [1.807, 2.05) is 0 Å². The molecule has 2 unspecified atom stereocenters. The van der Waals surface area contributed by atoms with Crippen LogP contribution in [0, 0.1) is 5.82 Å². The Labute approximate surface area is 192 Å². The van der Waals surface area contributed by atoms with Crippen LogP contribution in [0.15, 0.2) is 36.4 Å². The molecule has 2 aromatic carbocycles. The second-order valence-corrected chi connectivity index (χ2v) is 8.06. The highest BCUT2D eigenvalue weighted by atomic mass is 35.5. The lowest BCUT2D eigenvalue weighted by atomic mass is 10.0. The second kappa shape index (κ2) is 11.4. The number of halogens is 2. The first-order valence-corrected chi connectivity index (χ1v) is 10.9. The van der Waals surface area contributed by atoms with Gasteiger partial charge in [-0.15, -0.1) is 0 Å². The van der Waals surface area contributed by atoms with Crippen LogP contribution in [-0.4, -0.2) is 57.0 Å². The molecular formula is C23H29ClFN3O4. The number of likely N-dealkylation sites (tertiary alicyclic amines) is 1. The predicted octanol–water partition coefficient (Wildman–Crippen LogP) is 3.71. The zero-order valence-corrected chi connectivity index (χ0v) is 19.0. The van der Waals surface area contributed by atoms with E-state index in [1.165, 1.54) is 25.3 Å². The topological polar surface area (TPSA) is 86.0 Å². The minimum atomic E-state index is -0.284. The maximum absolute atomic E-state index is 13.0. The Balaban J connectivity index is 1.49. The Hall–Kier alpha value is -2.55. The van der Waals surface area contributed by atoms with Crippen molar-refractivity contribution in [3.05, 3.63) is 52.8 Å². The van der Waals surface area contributed by atoms with E-state index in [-0.39, 0.29) is 24.0 Å². The molecule has 0 aromatic heterocycles. The molecule has 1 aliphatic heterocycles. The highest BCUT2D eigenvalue weighted by Gasteiger charge is 2.29. The molecular weight excluding hydrogens is 437 g/mol. The van der Waals surface area contributed by atoms with Crippen LogP contribution in [0.3, 0.4) is 0 Å². The summed E-state index contributed by atoms with van der Waals surface area (Å²) in [4.78, 5) is 15.0. The van der Waals surface area contributed by atoms with Gasteiger partial charge in [0.2, 0.25) is 0 Å². The van der Waals surface area contributed by atoms with Crippen LogP contribution in [0.1, 0.15) is 29.6 Å². The number of carbonyl (C=O) groups excluding carboxylic acids is 1. The quantitative estimate of drug-likeness (QED) is 0.434. The van der Waals surface area contributed by atoms with Gasteiger partial charge in [-0.25, -0.2) is 4.39 Å². The maximum Gasteiger partial charge on any atom is 0.255 e. The number of methoxy groups -OCH3 is 2. The van der Waals surface area contributed by atoms with Crippen molar-refractivity contribution >= 4 is 23.2 Å². The lowest BCUT2D eigenvalue weighted by Gasteiger charge is -2.38. The number of hydrogen-bond donors (Lipinski definition) is 2. The third-order valence-corrected chi connectivity index (χ3v) is 5.83. The zero-order chi connectivity index (χ0) is 23.1. The predicted molar refractivity (Wildman–Crippen MR) is 122 cm³/mol. The van der Waals surface area contributed by atoms with Gasteiger partial charge < -0.3 is 25.3 Å². The summed E-state index contributed by atoms with van der Waals surface area (Å²) in [6, 6.07) is 9.02. The number of hydrogen-bond acceptors (Lipinski definition) is 6. The summed E-state index contributed by atoms with van der Waals surface area (Å²) < 4.78 is 29.6. The highest BCUT2D eigenvalue weighted by Crippen LogP contribution is 2.29. The van der Waals surface area contributed by atoms with Gasteiger partial charge in [0.1, 0.15) is 23.5 Å². The highest BCUT2D eigenvalue weighted by molar-refractivity contribution is 6.33. The van der Waals surface area contributed by atoms with Crippen molar-refractivity contribution in [3.63, 3.8) is 0 Å². The van der Waals surface area contributed by atoms with E-state index in [0.29, 0.717) is 40.8 Å². The number of piperidine rings is 1. The summed E-state index contributed by atoms with van der Waals surface area (Å²) in [5.41, 5.74) is 6.51. The van der Waals surface area contributed by atoms with Gasteiger partial charge >= 0.3 is 0 Å². The minimum Gasteiger partial charge on any atom is -0.496 e. The number of nitrogen functional groups attached to an aromatic ring is 1. The van der Waals surface area contributed by atoms with Crippen molar-refractivity contribution in [2.45, 2.75) is 31.5 Å². The molecule has 0 saturated carbocycles. The number of anilines is 1. The van der Waals surface area contributed by atoms with E-state index in [0.717, 1.165) is 25.9 Å². The van der Waals surface area contributed by atoms with Crippen LogP contribution < -0.4 is 20.5 Å². The van der Waals surface area contributed by atoms with Gasteiger partial charge in [-0.2, -0.15) is 0 Å². The molecule has 1 fully saturated rings. The molecule has 1 aliphatic rings. The number of benzene rings is 2. The molecule has 0 aliphatic carbocycles. The number of rotatable bonds is 9. The fraction of sp³-hybridized carbons (Fsp3) is 0.435. The fourth-order valence-electron chi connectivity index (χ4n) is 3.78. The molecule has 3 rings (SSSR count). The van der Waals surface area contributed by atoms with E-state index >= 15 is 0 Å². The van der Waals surface area contributed by atoms with Crippen molar-refractivity contribution in [3.8, 4) is 11.5 Å². The zero-order valence-electron chi connectivity index (χ0n) is 18.3. The summed E-state index contributed by atoms with van der Waals surface area (Å²) in [6.45, 7) is 2.10. The lowest BCUT2D eigenvalue weighted by molar-refractivity contribution is -0.0641. The van der Waals surface area contributed by atoms with Crippen LogP contribution in [0.4, 0.5) is 10.1 Å². The number of nitrogens with zero attached hydrogens (tertiary/aromatic N) is 1. The average Bonchev–Trinajstić information content (AvgIpc) is 2.79. The molecule has 0 radical (unpaired) electrons. The molecule has 0 bridgehead atoms. The summed E-state index contributed by atoms with van der Waals surface area (Å²) in [5.74, 6) is 0.485. The molecule has 9 heteroatoms. The number of ether oxygens (including phenoxy) is 3. The Kier molecular flexibility index (Phi) is 8.55. The van der Waals surface area contributed by atoms with Crippen molar-refractivity contribution in [1.29, 1.82) is 0 Å². The van der Waals surface area contributed by atoms with Gasteiger partial charge in [0, 0.05) is 38.7 Å². The van der Waals surface area contributed by atoms with E-state index in [1.54, 1.807) is 25.3 Å². The van der Waals surface area contributed by atoms with Gasteiger partial charge in [0.15, 0.2) is 0 Å². The van der Waals surface area contributed by atoms with Gasteiger partial charge in [0.05, 0.1) is 30.0 Å². The third kappa shape index (κ3) is 6.25. The van der Waals surface area contributed by atoms with Crippen LogP contribution in [0.25, 0.3) is 0 Å². The first-order chi connectivity index (χ1) is 15.4. The smallest absolute Gasteiger partial charge is 0.255 e. The van der Waals surface area contributed by atoms with Crippen molar-refractivity contribution < 1.29 is 23.4 Å². The number of nitrogens with two attached hydrogens (primary N) is 1. The summed E-state index contributed by atoms with van der Waals surface area (Å²) in [6.07, 6.45) is 2.13. The van der Waals surface area contributed by atoms with E-state index < -0.39 is 0 Å². The van der Waals surface area contributed by atoms with Crippen LogP contribution in [0.2, 0.25) is 5.02 Å². The van der Waals surface area contributed by atoms with Gasteiger partial charge in [-0.05, 0) is 43.2 Å². The van der Waals surface area contributed by atoms with Crippen molar-refractivity contribution in [1.82, 2.24) is 10.2 Å². The first kappa shape index (κ1) is 24.1. The van der Waals surface area contributed by atoms with Gasteiger partial charge in [0.25, 0.3) is 5.91 Å². The Morgan fingerprint density at radius 1 is 1.28 bits per heavy atom. The van der Waals surface area contributed by atoms with Crippen molar-refractivity contribution in [2.75, 3.05) is 39.6 Å². The fourth-order valence-corrected chi connectivity index (χ4v) is 3.94. The molecule has 3 N–H and O–H groups in total. The number of nitrogens with one attached hydrogen (secondary N) is 1. The van der Waals surface area contributed by atoms with Crippen LogP contribution in [0.5, 0.6) is 11.5 Å². The molecule has 32 heavy (non-hydrogen) atoms. The van der Waals surface area contributed by atoms with Gasteiger partial charge in [-0.1, -0.05) is 11.6 Å². The molecule has 174 valence electrons. The molecule has 7 nitrogen and oxygen atoms in total. The summed E-state index contributed by atoms with van der Waals surface area (Å²) in [5, 5.41) is 3.36. The van der Waals surface area contributed by atoms with Crippen molar-refractivity contribution in [2.24, 2.45) is 0 Å². The summed E-state index contributed by atoms with van der Waals surface area (Å²) >= 11 is 6.09. The normalized spacial score (nSPS) is 18.9. The largest absolute Gasteiger partial charge is 0.496 e. The Morgan fingerprint density at radius 2 is 2.03 bits per heavy atom. The van der Waals surface area contributed by atoms with E-state index in [4.69, 9.17) is 31.5 Å². The lowest BCUT2D eigenvalue weighted by Crippen LogP contribution is -2.51. The van der Waals surface area contributed by atoms with Gasteiger partial charge in [-0.3, -0.25) is 9.69 Å². The SMILES string of the molecule is COc1cc(N)c(Cl)cc1C(=O)NC1CCN(CCCOc2ccc(F)cc2)C(OC)C1. The second-order valence-electron chi connectivity index (χ2n) is 7.65. The summed E-state index contributed by atoms with van der Waals surface area (Å²) in [7, 11) is 3.15. The van der Waals surface area contributed by atoms with Crippen LogP contribution >= 0.6 is 11.6 Å². The molecule has 2 aromatic rings. The monoisotopic (exact) mass is 465 g/mol.